The first-order chi connectivity index (χ1) is 15.7. The average molecular weight is 476 g/mol. The van der Waals surface area contributed by atoms with Gasteiger partial charge in [-0.25, -0.2) is 12.8 Å². The van der Waals surface area contributed by atoms with Crippen LogP contribution in [0.2, 0.25) is 0 Å². The molecule has 1 N–H and O–H groups in total. The molecule has 2 saturated heterocycles. The normalized spacial score (nSPS) is 19.6. The number of sulfonamides is 1. The fraction of sp³-hybridized carbons (Fsp3) is 0.391. The minimum Gasteiger partial charge on any atom is -0.379 e. The SMILES string of the molecule is Cc1ccc(CN2CC(C(=O)Nc3ccc(F)c(S(=O)(=O)N4CCOCC4)c3)CC2=O)cc1. The number of carbonyl (C=O) groups is 2. The molecular formula is C23H26FN3O5S. The highest BCUT2D eigenvalue weighted by molar-refractivity contribution is 7.89. The van der Waals surface area contributed by atoms with Crippen molar-refractivity contribution < 1.29 is 27.1 Å². The van der Waals surface area contributed by atoms with Crippen LogP contribution in [0.15, 0.2) is 47.4 Å². The Bertz CT molecular complexity index is 1150. The van der Waals surface area contributed by atoms with Gasteiger partial charge in [-0.1, -0.05) is 29.8 Å². The Hall–Kier alpha value is -2.82. The number of morpholine rings is 1. The van der Waals surface area contributed by atoms with Crippen molar-refractivity contribution >= 4 is 27.5 Å². The smallest absolute Gasteiger partial charge is 0.246 e. The van der Waals surface area contributed by atoms with E-state index in [1.807, 2.05) is 31.2 Å². The van der Waals surface area contributed by atoms with Gasteiger partial charge in [-0.05, 0) is 30.7 Å². The number of nitrogens with zero attached hydrogens (tertiary/aromatic N) is 2. The minimum absolute atomic E-state index is 0.0673. The predicted molar refractivity (Wildman–Crippen MR) is 119 cm³/mol. The Kier molecular flexibility index (Phi) is 6.78. The third-order valence-corrected chi connectivity index (χ3v) is 7.78. The van der Waals surface area contributed by atoms with Gasteiger partial charge in [-0.15, -0.1) is 0 Å². The molecule has 8 nitrogen and oxygen atoms in total. The van der Waals surface area contributed by atoms with E-state index in [1.165, 1.54) is 10.4 Å². The largest absolute Gasteiger partial charge is 0.379 e. The summed E-state index contributed by atoms with van der Waals surface area (Å²) in [6.07, 6.45) is 0.0673. The van der Waals surface area contributed by atoms with E-state index in [4.69, 9.17) is 4.74 Å². The van der Waals surface area contributed by atoms with Crippen LogP contribution in [0.3, 0.4) is 0 Å². The van der Waals surface area contributed by atoms with Gasteiger partial charge >= 0.3 is 0 Å². The molecule has 2 fully saturated rings. The molecule has 4 rings (SSSR count). The Morgan fingerprint density at radius 2 is 1.85 bits per heavy atom. The molecule has 1 atom stereocenters. The summed E-state index contributed by atoms with van der Waals surface area (Å²) >= 11 is 0. The first-order valence-corrected chi connectivity index (χ1v) is 12.2. The zero-order chi connectivity index (χ0) is 23.6. The highest BCUT2D eigenvalue weighted by atomic mass is 32.2. The van der Waals surface area contributed by atoms with Crippen molar-refractivity contribution in [2.24, 2.45) is 5.92 Å². The van der Waals surface area contributed by atoms with E-state index in [0.717, 1.165) is 23.3 Å². The van der Waals surface area contributed by atoms with E-state index in [9.17, 15) is 22.4 Å². The second-order valence-corrected chi connectivity index (χ2v) is 10.2. The van der Waals surface area contributed by atoms with Gasteiger partial charge in [0.1, 0.15) is 10.7 Å². The van der Waals surface area contributed by atoms with Gasteiger partial charge in [-0.2, -0.15) is 4.31 Å². The molecule has 1 unspecified atom stereocenters. The summed E-state index contributed by atoms with van der Waals surface area (Å²) in [7, 11) is -4.06. The molecule has 2 aliphatic rings. The summed E-state index contributed by atoms with van der Waals surface area (Å²) in [5.74, 6) is -1.99. The van der Waals surface area contributed by atoms with Crippen molar-refractivity contribution in [3.8, 4) is 0 Å². The van der Waals surface area contributed by atoms with Gasteiger partial charge in [0.05, 0.1) is 19.1 Å². The van der Waals surface area contributed by atoms with Crippen LogP contribution in [0, 0.1) is 18.7 Å². The maximum absolute atomic E-state index is 14.4. The average Bonchev–Trinajstić information content (AvgIpc) is 3.17. The number of likely N-dealkylation sites (tertiary alicyclic amines) is 1. The molecule has 0 radical (unpaired) electrons. The zero-order valence-electron chi connectivity index (χ0n) is 18.3. The third kappa shape index (κ3) is 5.23. The summed E-state index contributed by atoms with van der Waals surface area (Å²) in [6.45, 7) is 3.43. The molecule has 2 amide bonds. The highest BCUT2D eigenvalue weighted by Crippen LogP contribution is 2.26. The van der Waals surface area contributed by atoms with Crippen molar-refractivity contribution in [3.05, 3.63) is 59.4 Å². The van der Waals surface area contributed by atoms with E-state index in [0.29, 0.717) is 6.54 Å². The van der Waals surface area contributed by atoms with Gasteiger partial charge in [-0.3, -0.25) is 9.59 Å². The molecular weight excluding hydrogens is 449 g/mol. The Labute approximate surface area is 192 Å². The number of rotatable bonds is 6. The number of benzene rings is 2. The van der Waals surface area contributed by atoms with Crippen molar-refractivity contribution in [2.75, 3.05) is 38.2 Å². The first kappa shape index (κ1) is 23.3. The molecule has 2 aliphatic heterocycles. The van der Waals surface area contributed by atoms with Crippen molar-refractivity contribution in [3.63, 3.8) is 0 Å². The predicted octanol–water partition coefficient (Wildman–Crippen LogP) is 2.14. The quantitative estimate of drug-likeness (QED) is 0.691. The van der Waals surface area contributed by atoms with Gasteiger partial charge in [0.2, 0.25) is 21.8 Å². The van der Waals surface area contributed by atoms with E-state index in [-0.39, 0.29) is 50.9 Å². The second kappa shape index (κ2) is 9.58. The minimum atomic E-state index is -4.06. The Morgan fingerprint density at radius 1 is 1.15 bits per heavy atom. The summed E-state index contributed by atoms with van der Waals surface area (Å²) in [5.41, 5.74) is 2.27. The van der Waals surface area contributed by atoms with Gasteiger partial charge in [0.25, 0.3) is 0 Å². The zero-order valence-corrected chi connectivity index (χ0v) is 19.1. The molecule has 10 heteroatoms. The highest BCUT2D eigenvalue weighted by Gasteiger charge is 2.35. The van der Waals surface area contributed by atoms with Crippen LogP contribution in [0.1, 0.15) is 17.5 Å². The van der Waals surface area contributed by atoms with Crippen molar-refractivity contribution in [1.82, 2.24) is 9.21 Å². The lowest BCUT2D eigenvalue weighted by molar-refractivity contribution is -0.128. The molecule has 2 aromatic carbocycles. The topological polar surface area (TPSA) is 96.0 Å². The van der Waals surface area contributed by atoms with Crippen LogP contribution in [0.25, 0.3) is 0 Å². The summed E-state index contributed by atoms with van der Waals surface area (Å²) < 4.78 is 46.4. The fourth-order valence-corrected chi connectivity index (χ4v) is 5.46. The number of ether oxygens (including phenoxy) is 1. The molecule has 0 aromatic heterocycles. The van der Waals surface area contributed by atoms with Crippen LogP contribution in [0.4, 0.5) is 10.1 Å². The first-order valence-electron chi connectivity index (χ1n) is 10.8. The number of hydrogen-bond donors (Lipinski definition) is 1. The van der Waals surface area contributed by atoms with Gasteiger partial charge < -0.3 is 15.0 Å². The summed E-state index contributed by atoms with van der Waals surface area (Å²) in [5, 5.41) is 2.65. The lowest BCUT2D eigenvalue weighted by Gasteiger charge is -2.26. The molecule has 0 saturated carbocycles. The maximum Gasteiger partial charge on any atom is 0.246 e. The summed E-state index contributed by atoms with van der Waals surface area (Å²) in [4.78, 5) is 26.3. The molecule has 2 aromatic rings. The molecule has 2 heterocycles. The maximum atomic E-state index is 14.4. The lowest BCUT2D eigenvalue weighted by atomic mass is 10.1. The number of aryl methyl sites for hydroxylation is 1. The molecule has 0 bridgehead atoms. The van der Waals surface area contributed by atoms with Gasteiger partial charge in [0.15, 0.2) is 0 Å². The van der Waals surface area contributed by atoms with Crippen LogP contribution in [-0.2, 0) is 30.9 Å². The number of amides is 2. The monoisotopic (exact) mass is 475 g/mol. The van der Waals surface area contributed by atoms with Crippen LogP contribution >= 0.6 is 0 Å². The molecule has 0 aliphatic carbocycles. The number of hydrogen-bond acceptors (Lipinski definition) is 5. The number of halogens is 1. The number of nitrogens with one attached hydrogen (secondary N) is 1. The van der Waals surface area contributed by atoms with Crippen molar-refractivity contribution in [2.45, 2.75) is 24.8 Å². The summed E-state index contributed by atoms with van der Waals surface area (Å²) in [6, 6.07) is 11.3. The van der Waals surface area contributed by atoms with Crippen LogP contribution in [0.5, 0.6) is 0 Å². The molecule has 33 heavy (non-hydrogen) atoms. The van der Waals surface area contributed by atoms with E-state index in [1.54, 1.807) is 4.90 Å². The van der Waals surface area contributed by atoms with E-state index in [2.05, 4.69) is 5.32 Å². The lowest BCUT2D eigenvalue weighted by Crippen LogP contribution is -2.40. The van der Waals surface area contributed by atoms with E-state index >= 15 is 0 Å². The standard InChI is InChI=1S/C23H26FN3O5S/c1-16-2-4-17(5-3-16)14-26-15-18(12-22(26)28)23(29)25-19-6-7-20(24)21(13-19)33(30,31)27-8-10-32-11-9-27/h2-7,13,18H,8-12,14-15H2,1H3,(H,25,29). The van der Waals surface area contributed by atoms with E-state index < -0.39 is 32.6 Å². The van der Waals surface area contributed by atoms with Gasteiger partial charge in [0, 0.05) is 38.3 Å². The Balaban J connectivity index is 1.43. The van der Waals surface area contributed by atoms with Crippen LogP contribution < -0.4 is 5.32 Å². The van der Waals surface area contributed by atoms with Crippen LogP contribution in [-0.4, -0.2) is 62.3 Å². The number of carbonyl (C=O) groups excluding carboxylic acids is 2. The molecule has 0 spiro atoms. The molecule has 176 valence electrons. The second-order valence-electron chi connectivity index (χ2n) is 8.31. The van der Waals surface area contributed by atoms with Crippen molar-refractivity contribution in [1.29, 1.82) is 0 Å². The fourth-order valence-electron chi connectivity index (χ4n) is 3.96. The Morgan fingerprint density at radius 3 is 2.55 bits per heavy atom. The number of anilines is 1. The third-order valence-electron chi connectivity index (χ3n) is 5.87.